The quantitative estimate of drug-likeness (QED) is 0.628. The van der Waals surface area contributed by atoms with Crippen molar-refractivity contribution in [3.63, 3.8) is 0 Å². The Kier molecular flexibility index (Phi) is 2.40. The van der Waals surface area contributed by atoms with Gasteiger partial charge in [-0.2, -0.15) is 10.5 Å². The summed E-state index contributed by atoms with van der Waals surface area (Å²) in [6.07, 6.45) is 0.203. The molecule has 12 heavy (non-hydrogen) atoms. The molecule has 1 aromatic rings. The Hall–Kier alpha value is -1.87. The number of hydrogen-bond donors (Lipinski definition) is 0. The molecular formula is C9H5FN2. The van der Waals surface area contributed by atoms with Crippen LogP contribution in [0, 0.1) is 28.5 Å². The molecule has 0 spiro atoms. The van der Waals surface area contributed by atoms with Gasteiger partial charge in [-0.1, -0.05) is 6.07 Å². The van der Waals surface area contributed by atoms with Crippen molar-refractivity contribution in [2.24, 2.45) is 0 Å². The number of hydrogen-bond acceptors (Lipinski definition) is 2. The van der Waals surface area contributed by atoms with Crippen molar-refractivity contribution in [1.82, 2.24) is 0 Å². The van der Waals surface area contributed by atoms with Crippen LogP contribution in [0.15, 0.2) is 18.2 Å². The molecule has 3 heteroatoms. The molecule has 0 radical (unpaired) electrons. The summed E-state index contributed by atoms with van der Waals surface area (Å²) in [7, 11) is 0. The second-order valence-electron chi connectivity index (χ2n) is 2.26. The lowest BCUT2D eigenvalue weighted by molar-refractivity contribution is 0.623. The van der Waals surface area contributed by atoms with Crippen molar-refractivity contribution in [2.75, 3.05) is 0 Å². The van der Waals surface area contributed by atoms with E-state index in [0.29, 0.717) is 5.56 Å². The molecule has 58 valence electrons. The first-order valence-corrected chi connectivity index (χ1v) is 3.33. The Bertz CT molecular complexity index is 371. The zero-order valence-electron chi connectivity index (χ0n) is 6.21. The highest BCUT2D eigenvalue weighted by Gasteiger charge is 2.01. The topological polar surface area (TPSA) is 47.6 Å². The van der Waals surface area contributed by atoms with Gasteiger partial charge < -0.3 is 0 Å². The van der Waals surface area contributed by atoms with Crippen molar-refractivity contribution in [3.8, 4) is 12.1 Å². The molecular weight excluding hydrogens is 155 g/mol. The van der Waals surface area contributed by atoms with Crippen molar-refractivity contribution < 1.29 is 4.39 Å². The van der Waals surface area contributed by atoms with E-state index in [1.807, 2.05) is 6.07 Å². The maximum absolute atomic E-state index is 12.7. The molecule has 0 amide bonds. The monoisotopic (exact) mass is 160 g/mol. The highest BCUT2D eigenvalue weighted by atomic mass is 19.1. The minimum absolute atomic E-state index is 0.0113. The van der Waals surface area contributed by atoms with Crippen molar-refractivity contribution >= 4 is 0 Å². The second-order valence-corrected chi connectivity index (χ2v) is 2.26. The Labute approximate surface area is 69.5 Å². The molecule has 0 aromatic heterocycles. The van der Waals surface area contributed by atoms with Gasteiger partial charge >= 0.3 is 0 Å². The first-order valence-electron chi connectivity index (χ1n) is 3.33. The lowest BCUT2D eigenvalue weighted by Gasteiger charge is -1.95. The van der Waals surface area contributed by atoms with Gasteiger partial charge in [0.1, 0.15) is 11.9 Å². The van der Waals surface area contributed by atoms with Crippen LogP contribution in [0.3, 0.4) is 0 Å². The smallest absolute Gasteiger partial charge is 0.140 e. The average molecular weight is 160 g/mol. The largest absolute Gasteiger partial charge is 0.206 e. The number of rotatable bonds is 1. The highest BCUT2D eigenvalue weighted by Crippen LogP contribution is 2.09. The molecule has 0 aliphatic carbocycles. The van der Waals surface area contributed by atoms with E-state index in [9.17, 15) is 4.39 Å². The van der Waals surface area contributed by atoms with Gasteiger partial charge in [-0.05, 0) is 17.7 Å². The van der Waals surface area contributed by atoms with E-state index in [1.54, 1.807) is 6.07 Å². The zero-order chi connectivity index (χ0) is 8.97. The van der Waals surface area contributed by atoms with E-state index in [4.69, 9.17) is 10.5 Å². The fraction of sp³-hybridized carbons (Fsp3) is 0.111. The second kappa shape index (κ2) is 3.50. The van der Waals surface area contributed by atoms with Gasteiger partial charge in [0, 0.05) is 0 Å². The van der Waals surface area contributed by atoms with Crippen LogP contribution < -0.4 is 0 Å². The molecule has 0 atom stereocenters. The summed E-state index contributed by atoms with van der Waals surface area (Å²) < 4.78 is 12.7. The van der Waals surface area contributed by atoms with Crippen molar-refractivity contribution in [3.05, 3.63) is 35.1 Å². The van der Waals surface area contributed by atoms with Gasteiger partial charge in [-0.15, -0.1) is 0 Å². The van der Waals surface area contributed by atoms with E-state index in [0.717, 1.165) is 0 Å². The minimum Gasteiger partial charge on any atom is -0.206 e. The van der Waals surface area contributed by atoms with Gasteiger partial charge in [-0.25, -0.2) is 4.39 Å². The van der Waals surface area contributed by atoms with Crippen LogP contribution in [0.25, 0.3) is 0 Å². The van der Waals surface area contributed by atoms with E-state index in [1.165, 1.54) is 18.2 Å². The molecule has 1 rings (SSSR count). The Morgan fingerprint density at radius 2 is 2.08 bits per heavy atom. The summed E-state index contributed by atoms with van der Waals surface area (Å²) in [6, 6.07) is 7.72. The molecule has 0 saturated heterocycles. The van der Waals surface area contributed by atoms with Crippen LogP contribution in [0.2, 0.25) is 0 Å². The lowest BCUT2D eigenvalue weighted by Crippen LogP contribution is -1.87. The van der Waals surface area contributed by atoms with Crippen LogP contribution in [0.1, 0.15) is 11.1 Å². The summed E-state index contributed by atoms with van der Waals surface area (Å²) in [5, 5.41) is 16.8. The molecule has 0 aliphatic rings. The van der Waals surface area contributed by atoms with Crippen LogP contribution in [-0.2, 0) is 6.42 Å². The van der Waals surface area contributed by atoms with Gasteiger partial charge in [0.2, 0.25) is 0 Å². The lowest BCUT2D eigenvalue weighted by atomic mass is 10.1. The van der Waals surface area contributed by atoms with Crippen LogP contribution in [-0.4, -0.2) is 0 Å². The van der Waals surface area contributed by atoms with E-state index >= 15 is 0 Å². The number of halogens is 1. The first kappa shape index (κ1) is 8.23. The molecule has 0 unspecified atom stereocenters. The van der Waals surface area contributed by atoms with E-state index < -0.39 is 5.82 Å². The Morgan fingerprint density at radius 3 is 2.67 bits per heavy atom. The molecule has 0 bridgehead atoms. The molecule has 0 N–H and O–H groups in total. The van der Waals surface area contributed by atoms with Crippen LogP contribution >= 0.6 is 0 Å². The molecule has 0 heterocycles. The maximum atomic E-state index is 12.7. The predicted molar refractivity (Wildman–Crippen MR) is 40.4 cm³/mol. The fourth-order valence-corrected chi connectivity index (χ4v) is 0.859. The third-order valence-corrected chi connectivity index (χ3v) is 1.43. The molecule has 0 saturated carbocycles. The van der Waals surface area contributed by atoms with Gasteiger partial charge in [0.25, 0.3) is 0 Å². The highest BCUT2D eigenvalue weighted by molar-refractivity contribution is 5.35. The summed E-state index contributed by atoms with van der Waals surface area (Å²) in [5.74, 6) is -0.542. The number of nitrogens with zero attached hydrogens (tertiary/aromatic N) is 2. The Balaban J connectivity index is 3.09. The molecule has 1 aromatic carbocycles. The van der Waals surface area contributed by atoms with Crippen molar-refractivity contribution in [1.29, 1.82) is 10.5 Å². The van der Waals surface area contributed by atoms with Gasteiger partial charge in [0.05, 0.1) is 18.1 Å². The minimum atomic E-state index is -0.542. The van der Waals surface area contributed by atoms with Gasteiger partial charge in [0.15, 0.2) is 0 Å². The van der Waals surface area contributed by atoms with E-state index in [2.05, 4.69) is 0 Å². The van der Waals surface area contributed by atoms with E-state index in [-0.39, 0.29) is 12.0 Å². The summed E-state index contributed by atoms with van der Waals surface area (Å²) >= 11 is 0. The molecule has 2 nitrogen and oxygen atoms in total. The molecule has 0 aliphatic heterocycles. The summed E-state index contributed by atoms with van der Waals surface area (Å²) in [4.78, 5) is 0. The standard InChI is InChI=1S/C9H5FN2/c10-9-2-1-7(3-4-11)5-8(9)6-12/h1-2,5H,3H2. The third-order valence-electron chi connectivity index (χ3n) is 1.43. The van der Waals surface area contributed by atoms with Gasteiger partial charge in [-0.3, -0.25) is 0 Å². The third kappa shape index (κ3) is 1.59. The SMILES string of the molecule is N#CCc1ccc(F)c(C#N)c1. The summed E-state index contributed by atoms with van der Waals surface area (Å²) in [6.45, 7) is 0. The first-order chi connectivity index (χ1) is 5.77. The van der Waals surface area contributed by atoms with Crippen LogP contribution in [0.4, 0.5) is 4.39 Å². The summed E-state index contributed by atoms with van der Waals surface area (Å²) in [5.41, 5.74) is 0.651. The normalized spacial score (nSPS) is 8.58. The molecule has 0 fully saturated rings. The number of benzene rings is 1. The van der Waals surface area contributed by atoms with Crippen molar-refractivity contribution in [2.45, 2.75) is 6.42 Å². The van der Waals surface area contributed by atoms with Crippen LogP contribution in [0.5, 0.6) is 0 Å². The predicted octanol–water partition coefficient (Wildman–Crippen LogP) is 1.76. The zero-order valence-corrected chi connectivity index (χ0v) is 6.21. The maximum Gasteiger partial charge on any atom is 0.140 e. The number of nitriles is 2. The Morgan fingerprint density at radius 1 is 1.33 bits per heavy atom. The average Bonchev–Trinajstić information content (AvgIpc) is 2.09. The fourth-order valence-electron chi connectivity index (χ4n) is 0.859.